The van der Waals surface area contributed by atoms with Crippen LogP contribution in [0.2, 0.25) is 5.02 Å². The van der Waals surface area contributed by atoms with E-state index in [-0.39, 0.29) is 0 Å². The molecule has 2 heteroatoms. The van der Waals surface area contributed by atoms with Gasteiger partial charge in [0.1, 0.15) is 0 Å². The number of hydrogen-bond donors (Lipinski definition) is 1. The van der Waals surface area contributed by atoms with Crippen LogP contribution < -0.4 is 5.32 Å². The fourth-order valence-electron chi connectivity index (χ4n) is 2.33. The second kappa shape index (κ2) is 7.47. The summed E-state index contributed by atoms with van der Waals surface area (Å²) in [5.74, 6) is 0. The van der Waals surface area contributed by atoms with Crippen molar-refractivity contribution in [1.82, 2.24) is 5.32 Å². The van der Waals surface area contributed by atoms with Crippen LogP contribution in [0.3, 0.4) is 0 Å². The summed E-state index contributed by atoms with van der Waals surface area (Å²) in [6, 6.07) is 17.3. The van der Waals surface area contributed by atoms with Gasteiger partial charge in [0, 0.05) is 17.6 Å². The lowest BCUT2D eigenvalue weighted by molar-refractivity contribution is 0.519. The maximum absolute atomic E-state index is 5.94. The third-order valence-electron chi connectivity index (χ3n) is 3.66. The average Bonchev–Trinajstić information content (AvgIpc) is 2.50. The maximum Gasteiger partial charge on any atom is 0.0406 e. The zero-order chi connectivity index (χ0) is 14.4. The first-order chi connectivity index (χ1) is 9.72. The topological polar surface area (TPSA) is 12.0 Å². The fourth-order valence-corrected chi connectivity index (χ4v) is 2.45. The predicted molar refractivity (Wildman–Crippen MR) is 87.1 cm³/mol. The summed E-state index contributed by atoms with van der Waals surface area (Å²) in [6.07, 6.45) is 2.16. The largest absolute Gasteiger partial charge is 0.306 e. The van der Waals surface area contributed by atoms with Crippen molar-refractivity contribution < 1.29 is 0 Å². The van der Waals surface area contributed by atoms with E-state index in [9.17, 15) is 0 Å². The van der Waals surface area contributed by atoms with Crippen molar-refractivity contribution in [2.24, 2.45) is 0 Å². The molecule has 20 heavy (non-hydrogen) atoms. The lowest BCUT2D eigenvalue weighted by Gasteiger charge is -2.17. The Bertz CT molecular complexity index is 516. The van der Waals surface area contributed by atoms with Crippen molar-refractivity contribution in [1.29, 1.82) is 0 Å². The highest BCUT2D eigenvalue weighted by Crippen LogP contribution is 2.19. The molecule has 0 heterocycles. The highest BCUT2D eigenvalue weighted by molar-refractivity contribution is 6.30. The minimum absolute atomic E-state index is 0.373. The number of hydrogen-bond acceptors (Lipinski definition) is 1. The molecule has 0 aliphatic rings. The lowest BCUT2D eigenvalue weighted by Crippen LogP contribution is -2.20. The van der Waals surface area contributed by atoms with E-state index in [0.29, 0.717) is 6.04 Å². The van der Waals surface area contributed by atoms with Crippen LogP contribution in [0.1, 0.15) is 43.0 Å². The van der Waals surface area contributed by atoms with Crippen LogP contribution in [-0.2, 0) is 13.0 Å². The second-order valence-corrected chi connectivity index (χ2v) is 5.50. The van der Waals surface area contributed by atoms with Crippen LogP contribution >= 0.6 is 11.6 Å². The molecule has 2 aromatic rings. The highest BCUT2D eigenvalue weighted by atomic mass is 35.5. The molecule has 1 nitrogen and oxygen atoms in total. The number of aryl methyl sites for hydroxylation is 1. The van der Waals surface area contributed by atoms with Gasteiger partial charge in [-0.15, -0.1) is 0 Å². The van der Waals surface area contributed by atoms with Gasteiger partial charge < -0.3 is 5.32 Å². The Morgan fingerprint density at radius 1 is 0.900 bits per heavy atom. The fraction of sp³-hybridized carbons (Fsp3) is 0.333. The van der Waals surface area contributed by atoms with Crippen LogP contribution in [-0.4, -0.2) is 0 Å². The SMILES string of the molecule is CCc1ccc(CNC(CC)c2ccc(Cl)cc2)cc1. The normalized spacial score (nSPS) is 12.3. The smallest absolute Gasteiger partial charge is 0.0406 e. The van der Waals surface area contributed by atoms with Gasteiger partial charge in [0.15, 0.2) is 0 Å². The molecule has 1 N–H and O–H groups in total. The molecule has 1 unspecified atom stereocenters. The summed E-state index contributed by atoms with van der Waals surface area (Å²) in [6.45, 7) is 5.28. The minimum atomic E-state index is 0.373. The molecule has 0 saturated heterocycles. The van der Waals surface area contributed by atoms with Gasteiger partial charge in [-0.2, -0.15) is 0 Å². The Balaban J connectivity index is 1.97. The number of halogens is 1. The van der Waals surface area contributed by atoms with Gasteiger partial charge in [0.25, 0.3) is 0 Å². The maximum atomic E-state index is 5.94. The van der Waals surface area contributed by atoms with Gasteiger partial charge in [-0.3, -0.25) is 0 Å². The van der Waals surface area contributed by atoms with Gasteiger partial charge in [0.05, 0.1) is 0 Å². The molecule has 0 spiro atoms. The molecular weight excluding hydrogens is 266 g/mol. The number of nitrogens with one attached hydrogen (secondary N) is 1. The Hall–Kier alpha value is -1.31. The van der Waals surface area contributed by atoms with Crippen LogP contribution in [0.15, 0.2) is 48.5 Å². The van der Waals surface area contributed by atoms with Crippen molar-refractivity contribution in [2.75, 3.05) is 0 Å². The lowest BCUT2D eigenvalue weighted by atomic mass is 10.0. The first-order valence-electron chi connectivity index (χ1n) is 7.29. The summed E-state index contributed by atoms with van der Waals surface area (Å²) < 4.78 is 0. The van der Waals surface area contributed by atoms with Gasteiger partial charge in [-0.25, -0.2) is 0 Å². The molecule has 0 radical (unpaired) electrons. The highest BCUT2D eigenvalue weighted by Gasteiger charge is 2.08. The molecule has 0 aliphatic carbocycles. The van der Waals surface area contributed by atoms with E-state index in [0.717, 1.165) is 24.4 Å². The molecule has 0 bridgehead atoms. The Morgan fingerprint density at radius 3 is 2.05 bits per heavy atom. The molecule has 0 aromatic heterocycles. The van der Waals surface area contributed by atoms with Crippen molar-refractivity contribution in [2.45, 2.75) is 39.3 Å². The van der Waals surface area contributed by atoms with Gasteiger partial charge >= 0.3 is 0 Å². The van der Waals surface area contributed by atoms with E-state index in [1.54, 1.807) is 0 Å². The first-order valence-corrected chi connectivity index (χ1v) is 7.67. The molecule has 0 saturated carbocycles. The average molecular weight is 288 g/mol. The van der Waals surface area contributed by atoms with Crippen molar-refractivity contribution >= 4 is 11.6 Å². The number of benzene rings is 2. The summed E-state index contributed by atoms with van der Waals surface area (Å²) >= 11 is 5.94. The standard InChI is InChI=1S/C18H22ClN/c1-3-14-5-7-15(8-6-14)13-20-18(4-2)16-9-11-17(19)12-10-16/h5-12,18,20H,3-4,13H2,1-2H3. The quantitative estimate of drug-likeness (QED) is 0.775. The van der Waals surface area contributed by atoms with Gasteiger partial charge in [-0.1, -0.05) is 61.8 Å². The number of rotatable bonds is 6. The molecule has 0 aliphatic heterocycles. The van der Waals surface area contributed by atoms with Crippen LogP contribution in [0.5, 0.6) is 0 Å². The Morgan fingerprint density at radius 2 is 1.50 bits per heavy atom. The molecule has 2 rings (SSSR count). The van der Waals surface area contributed by atoms with E-state index >= 15 is 0 Å². The second-order valence-electron chi connectivity index (χ2n) is 5.06. The monoisotopic (exact) mass is 287 g/mol. The van der Waals surface area contributed by atoms with E-state index in [2.05, 4.69) is 55.6 Å². The van der Waals surface area contributed by atoms with Crippen molar-refractivity contribution in [3.8, 4) is 0 Å². The molecule has 2 aromatic carbocycles. The van der Waals surface area contributed by atoms with Crippen LogP contribution in [0.4, 0.5) is 0 Å². The first kappa shape index (κ1) is 15.1. The van der Waals surface area contributed by atoms with Gasteiger partial charge in [-0.05, 0) is 41.7 Å². The zero-order valence-corrected chi connectivity index (χ0v) is 13.0. The van der Waals surface area contributed by atoms with E-state index in [4.69, 9.17) is 11.6 Å². The predicted octanol–water partition coefficient (Wildman–Crippen LogP) is 5.14. The summed E-state index contributed by atoms with van der Waals surface area (Å²) in [7, 11) is 0. The third-order valence-corrected chi connectivity index (χ3v) is 3.92. The van der Waals surface area contributed by atoms with E-state index in [1.807, 2.05) is 12.1 Å². The van der Waals surface area contributed by atoms with E-state index < -0.39 is 0 Å². The Labute approximate surface area is 127 Å². The summed E-state index contributed by atoms with van der Waals surface area (Å²) in [4.78, 5) is 0. The molecule has 106 valence electrons. The zero-order valence-electron chi connectivity index (χ0n) is 12.2. The van der Waals surface area contributed by atoms with Crippen molar-refractivity contribution in [3.05, 3.63) is 70.2 Å². The van der Waals surface area contributed by atoms with E-state index in [1.165, 1.54) is 16.7 Å². The molecule has 0 fully saturated rings. The van der Waals surface area contributed by atoms with Crippen LogP contribution in [0.25, 0.3) is 0 Å². The Kier molecular flexibility index (Phi) is 5.63. The summed E-state index contributed by atoms with van der Waals surface area (Å²) in [5, 5.41) is 4.41. The summed E-state index contributed by atoms with van der Waals surface area (Å²) in [5.41, 5.74) is 4.01. The molecule has 1 atom stereocenters. The third kappa shape index (κ3) is 4.09. The minimum Gasteiger partial charge on any atom is -0.306 e. The molecule has 0 amide bonds. The van der Waals surface area contributed by atoms with Crippen LogP contribution in [0, 0.1) is 0 Å². The van der Waals surface area contributed by atoms with Crippen molar-refractivity contribution in [3.63, 3.8) is 0 Å². The molecular formula is C18H22ClN. The van der Waals surface area contributed by atoms with Gasteiger partial charge in [0.2, 0.25) is 0 Å².